The van der Waals surface area contributed by atoms with E-state index < -0.39 is 28.7 Å². The molecule has 2 N–H and O–H groups in total. The van der Waals surface area contributed by atoms with Crippen LogP contribution in [0, 0.1) is 5.82 Å². The number of anilines is 1. The molecule has 3 aromatic carbocycles. The van der Waals surface area contributed by atoms with E-state index in [1.807, 2.05) is 48.2 Å². The maximum absolute atomic E-state index is 15.8. The fraction of sp³-hybridized carbons (Fsp3) is 0.273. The fourth-order valence-corrected chi connectivity index (χ4v) is 6.53. The minimum absolute atomic E-state index is 0.00677. The van der Waals surface area contributed by atoms with E-state index in [1.165, 1.54) is 6.20 Å². The summed E-state index contributed by atoms with van der Waals surface area (Å²) in [5, 5.41) is 18.8. The number of carboxylic acid groups (broad SMARTS) is 2. The van der Waals surface area contributed by atoms with Gasteiger partial charge in [0.1, 0.15) is 23.7 Å². The number of nitrogens with zero attached hydrogens (tertiary/aromatic N) is 4. The molecule has 2 aliphatic heterocycles. The standard InChI is InChI=1S/C33H29FN4O6/c1-18-17-44-30-27-22(29(39)23(33(42)43)16-37(18)27)14-24(34)28(30)36-12-10-20(11-13-36)31-35-25-4-2-3-5-26(25)38(31)15-19-6-8-21(9-7-19)32(40)41/h2-9,14,16,18,20H,10-13,15,17H2,1H3,(H,40,41)(H,42,43)/t18-/m0/s1. The summed E-state index contributed by atoms with van der Waals surface area (Å²) >= 11 is 0. The highest BCUT2D eigenvalue weighted by Gasteiger charge is 2.33. The Morgan fingerprint density at radius 3 is 2.48 bits per heavy atom. The number of pyridine rings is 1. The topological polar surface area (TPSA) is 127 Å². The first-order valence-corrected chi connectivity index (χ1v) is 14.5. The number of fused-ring (bicyclic) bond motifs is 1. The van der Waals surface area contributed by atoms with E-state index in [0.29, 0.717) is 38.0 Å². The van der Waals surface area contributed by atoms with Crippen molar-refractivity contribution in [2.45, 2.75) is 38.3 Å². The first-order chi connectivity index (χ1) is 21.2. The highest BCUT2D eigenvalue weighted by atomic mass is 19.1. The number of halogens is 1. The minimum atomic E-state index is -1.35. The average Bonchev–Trinajstić information content (AvgIpc) is 3.38. The Balaban J connectivity index is 1.21. The molecule has 0 unspecified atom stereocenters. The number of hydrogen-bond acceptors (Lipinski definition) is 6. The second-order valence-electron chi connectivity index (χ2n) is 11.5. The van der Waals surface area contributed by atoms with Gasteiger partial charge in [-0.3, -0.25) is 4.79 Å². The van der Waals surface area contributed by atoms with Crippen molar-refractivity contribution >= 4 is 39.6 Å². The average molecular weight is 597 g/mol. The summed E-state index contributed by atoms with van der Waals surface area (Å²) in [4.78, 5) is 43.0. The predicted octanol–water partition coefficient (Wildman–Crippen LogP) is 5.27. The summed E-state index contributed by atoms with van der Waals surface area (Å²) in [5.74, 6) is -1.66. The molecule has 5 aromatic rings. The largest absolute Gasteiger partial charge is 0.487 e. The number of para-hydroxylation sites is 2. The predicted molar refractivity (Wildman–Crippen MR) is 162 cm³/mol. The molecule has 1 atom stereocenters. The molecule has 224 valence electrons. The van der Waals surface area contributed by atoms with Gasteiger partial charge in [-0.05, 0) is 55.7 Å². The van der Waals surface area contributed by atoms with E-state index in [2.05, 4.69) is 4.57 Å². The van der Waals surface area contributed by atoms with E-state index in [4.69, 9.17) is 9.72 Å². The van der Waals surface area contributed by atoms with Crippen molar-refractivity contribution < 1.29 is 28.9 Å². The molecule has 0 radical (unpaired) electrons. The van der Waals surface area contributed by atoms with E-state index in [-0.39, 0.29) is 41.0 Å². The van der Waals surface area contributed by atoms with E-state index >= 15 is 4.39 Å². The highest BCUT2D eigenvalue weighted by Crippen LogP contribution is 2.43. The van der Waals surface area contributed by atoms with Crippen LogP contribution in [0.15, 0.2) is 65.6 Å². The molecule has 2 aliphatic rings. The summed E-state index contributed by atoms with van der Waals surface area (Å²) in [6.07, 6.45) is 2.72. The van der Waals surface area contributed by atoms with Gasteiger partial charge in [0.2, 0.25) is 5.43 Å². The lowest BCUT2D eigenvalue weighted by Gasteiger charge is -2.36. The van der Waals surface area contributed by atoms with Crippen molar-refractivity contribution in [3.05, 3.63) is 99.3 Å². The maximum Gasteiger partial charge on any atom is 0.341 e. The lowest BCUT2D eigenvalue weighted by Crippen LogP contribution is -2.36. The molecule has 2 aromatic heterocycles. The number of hydrogen-bond donors (Lipinski definition) is 2. The van der Waals surface area contributed by atoms with Crippen LogP contribution in [0.3, 0.4) is 0 Å². The molecule has 1 fully saturated rings. The number of aromatic nitrogens is 3. The van der Waals surface area contributed by atoms with Gasteiger partial charge in [-0.25, -0.2) is 19.0 Å². The second-order valence-corrected chi connectivity index (χ2v) is 11.5. The summed E-state index contributed by atoms with van der Waals surface area (Å²) in [6.45, 7) is 3.65. The van der Waals surface area contributed by atoms with Crippen LogP contribution in [0.2, 0.25) is 0 Å². The highest BCUT2D eigenvalue weighted by molar-refractivity contribution is 5.97. The number of benzene rings is 3. The van der Waals surface area contributed by atoms with Crippen molar-refractivity contribution in [3.63, 3.8) is 0 Å². The fourth-order valence-electron chi connectivity index (χ4n) is 6.53. The Morgan fingerprint density at radius 1 is 1.05 bits per heavy atom. The zero-order valence-electron chi connectivity index (χ0n) is 23.9. The van der Waals surface area contributed by atoms with Crippen LogP contribution in [0.4, 0.5) is 10.1 Å². The van der Waals surface area contributed by atoms with Gasteiger partial charge in [-0.1, -0.05) is 24.3 Å². The van der Waals surface area contributed by atoms with Gasteiger partial charge in [0.15, 0.2) is 11.6 Å². The molecule has 0 amide bonds. The van der Waals surface area contributed by atoms with E-state index in [0.717, 1.165) is 28.5 Å². The van der Waals surface area contributed by atoms with Crippen molar-refractivity contribution in [1.29, 1.82) is 0 Å². The van der Waals surface area contributed by atoms with Crippen molar-refractivity contribution in [2.24, 2.45) is 0 Å². The number of carboxylic acids is 2. The summed E-state index contributed by atoms with van der Waals surface area (Å²) < 4.78 is 25.7. The smallest absolute Gasteiger partial charge is 0.341 e. The summed E-state index contributed by atoms with van der Waals surface area (Å²) in [7, 11) is 0. The number of aromatic carboxylic acids is 2. The third-order valence-corrected chi connectivity index (χ3v) is 8.77. The third kappa shape index (κ3) is 4.47. The summed E-state index contributed by atoms with van der Waals surface area (Å²) in [5.41, 5.74) is 2.61. The van der Waals surface area contributed by atoms with Gasteiger partial charge in [0.25, 0.3) is 0 Å². The van der Waals surface area contributed by atoms with Gasteiger partial charge >= 0.3 is 11.9 Å². The molecule has 0 spiro atoms. The zero-order chi connectivity index (χ0) is 30.7. The van der Waals surface area contributed by atoms with Crippen molar-refractivity contribution in [2.75, 3.05) is 24.6 Å². The van der Waals surface area contributed by atoms with Crippen LogP contribution < -0.4 is 15.1 Å². The van der Waals surface area contributed by atoms with Crippen LogP contribution >= 0.6 is 0 Å². The molecule has 4 heterocycles. The van der Waals surface area contributed by atoms with Crippen LogP contribution in [0.5, 0.6) is 5.75 Å². The molecule has 10 nitrogen and oxygen atoms in total. The Morgan fingerprint density at radius 2 is 1.77 bits per heavy atom. The number of carbonyl (C=O) groups is 2. The van der Waals surface area contributed by atoms with Gasteiger partial charge < -0.3 is 29.0 Å². The van der Waals surface area contributed by atoms with Crippen molar-refractivity contribution in [1.82, 2.24) is 14.1 Å². The number of imidazole rings is 1. The van der Waals surface area contributed by atoms with Gasteiger partial charge in [-0.2, -0.15) is 0 Å². The van der Waals surface area contributed by atoms with Crippen LogP contribution in [0.25, 0.3) is 21.9 Å². The minimum Gasteiger partial charge on any atom is -0.487 e. The molecule has 0 saturated carbocycles. The number of rotatable bonds is 6. The molecular formula is C33H29FN4O6. The quantitative estimate of drug-likeness (QED) is 0.271. The third-order valence-electron chi connectivity index (χ3n) is 8.77. The molecule has 44 heavy (non-hydrogen) atoms. The molecule has 0 aliphatic carbocycles. The van der Waals surface area contributed by atoms with Gasteiger partial charge in [0.05, 0.1) is 33.5 Å². The Labute approximate surface area is 250 Å². The summed E-state index contributed by atoms with van der Waals surface area (Å²) in [6, 6.07) is 15.7. The molecular weight excluding hydrogens is 567 g/mol. The SMILES string of the molecule is C[C@H]1COc2c(N3CCC(c4nc5ccccc5n4Cc4ccc(C(=O)O)cc4)CC3)c(F)cc3c(=O)c(C(=O)O)cn1c23. The molecule has 11 heteroatoms. The lowest BCUT2D eigenvalue weighted by atomic mass is 9.94. The Kier molecular flexibility index (Phi) is 6.60. The molecule has 0 bridgehead atoms. The lowest BCUT2D eigenvalue weighted by molar-refractivity contribution is 0.0684. The Bertz CT molecular complexity index is 2030. The van der Waals surface area contributed by atoms with E-state index in [1.54, 1.807) is 16.7 Å². The maximum atomic E-state index is 15.8. The monoisotopic (exact) mass is 596 g/mol. The van der Waals surface area contributed by atoms with E-state index in [9.17, 15) is 24.6 Å². The van der Waals surface area contributed by atoms with Crippen LogP contribution in [0.1, 0.15) is 63.8 Å². The molecule has 1 saturated heterocycles. The number of piperidine rings is 1. The van der Waals surface area contributed by atoms with Crippen LogP contribution in [-0.4, -0.2) is 56.0 Å². The van der Waals surface area contributed by atoms with Gasteiger partial charge in [-0.15, -0.1) is 0 Å². The van der Waals surface area contributed by atoms with Gasteiger partial charge in [0, 0.05) is 31.7 Å². The first-order valence-electron chi connectivity index (χ1n) is 14.5. The van der Waals surface area contributed by atoms with Crippen LogP contribution in [-0.2, 0) is 6.54 Å². The number of ether oxygens (including phenoxy) is 1. The Hall–Kier alpha value is -5.19. The first kappa shape index (κ1) is 27.6. The zero-order valence-corrected chi connectivity index (χ0v) is 23.9. The van der Waals surface area contributed by atoms with Crippen molar-refractivity contribution in [3.8, 4) is 5.75 Å². The normalized spacial score (nSPS) is 16.8. The second kappa shape index (κ2) is 10.5. The molecule has 7 rings (SSSR count).